The van der Waals surface area contributed by atoms with E-state index >= 15 is 0 Å². The minimum atomic E-state index is 0.281. The second kappa shape index (κ2) is 7.25. The van der Waals surface area contributed by atoms with E-state index in [2.05, 4.69) is 21.3 Å². The predicted molar refractivity (Wildman–Crippen MR) is 71.4 cm³/mol. The summed E-state index contributed by atoms with van der Waals surface area (Å²) in [7, 11) is 3.99. The van der Waals surface area contributed by atoms with Crippen LogP contribution in [0.4, 0.5) is 5.82 Å². The van der Waals surface area contributed by atoms with Gasteiger partial charge in [0.1, 0.15) is 5.82 Å². The van der Waals surface area contributed by atoms with Crippen LogP contribution in [-0.2, 0) is 11.3 Å². The van der Waals surface area contributed by atoms with Crippen molar-refractivity contribution >= 4 is 5.82 Å². The Bertz CT molecular complexity index is 328. The Morgan fingerprint density at radius 3 is 2.88 bits per heavy atom. The Morgan fingerprint density at radius 2 is 2.24 bits per heavy atom. The molecule has 0 amide bonds. The van der Waals surface area contributed by atoms with Crippen LogP contribution in [-0.4, -0.2) is 38.3 Å². The zero-order valence-corrected chi connectivity index (χ0v) is 11.2. The first-order valence-corrected chi connectivity index (χ1v) is 6.06. The molecule has 0 unspecified atom stereocenters. The van der Waals surface area contributed by atoms with Gasteiger partial charge in [0.2, 0.25) is 0 Å². The molecule has 0 bridgehead atoms. The van der Waals surface area contributed by atoms with Crippen LogP contribution >= 0.6 is 0 Å². The molecule has 1 heterocycles. The van der Waals surface area contributed by atoms with Gasteiger partial charge in [-0.3, -0.25) is 0 Å². The highest BCUT2D eigenvalue weighted by molar-refractivity contribution is 5.45. The number of pyridine rings is 1. The third-order valence-electron chi connectivity index (χ3n) is 2.47. The van der Waals surface area contributed by atoms with Gasteiger partial charge in [-0.1, -0.05) is 6.07 Å². The standard InChI is InChI=1S/C13H23N3O/c1-11(2)17-9-8-16(4)13-12(10-14-3)6-5-7-15-13/h5-7,11,14H,8-10H2,1-4H3. The fourth-order valence-electron chi connectivity index (χ4n) is 1.63. The minimum Gasteiger partial charge on any atom is -0.377 e. The molecule has 1 aromatic rings. The zero-order chi connectivity index (χ0) is 12.7. The van der Waals surface area contributed by atoms with Crippen LogP contribution in [0.2, 0.25) is 0 Å². The van der Waals surface area contributed by atoms with Gasteiger partial charge in [0.05, 0.1) is 12.7 Å². The predicted octanol–water partition coefficient (Wildman–Crippen LogP) is 1.66. The van der Waals surface area contributed by atoms with E-state index in [9.17, 15) is 0 Å². The van der Waals surface area contributed by atoms with Gasteiger partial charge in [0.15, 0.2) is 0 Å². The summed E-state index contributed by atoms with van der Waals surface area (Å²) >= 11 is 0. The molecule has 0 aliphatic rings. The van der Waals surface area contributed by atoms with E-state index in [1.54, 1.807) is 0 Å². The molecule has 96 valence electrons. The summed E-state index contributed by atoms with van der Waals surface area (Å²) in [5, 5.41) is 3.16. The molecule has 0 aliphatic carbocycles. The molecule has 0 spiro atoms. The van der Waals surface area contributed by atoms with Crippen molar-refractivity contribution in [1.82, 2.24) is 10.3 Å². The van der Waals surface area contributed by atoms with Crippen LogP contribution in [0.3, 0.4) is 0 Å². The van der Waals surface area contributed by atoms with Crippen molar-refractivity contribution in [2.24, 2.45) is 0 Å². The molecule has 0 aliphatic heterocycles. The number of likely N-dealkylation sites (N-methyl/N-ethyl adjacent to an activating group) is 1. The number of hydrogen-bond donors (Lipinski definition) is 1. The number of rotatable bonds is 7. The number of nitrogens with zero attached hydrogens (tertiary/aromatic N) is 2. The lowest BCUT2D eigenvalue weighted by Gasteiger charge is -2.21. The maximum absolute atomic E-state index is 5.55. The van der Waals surface area contributed by atoms with E-state index in [-0.39, 0.29) is 6.10 Å². The first-order valence-electron chi connectivity index (χ1n) is 6.06. The van der Waals surface area contributed by atoms with Gasteiger partial charge < -0.3 is 15.0 Å². The summed E-state index contributed by atoms with van der Waals surface area (Å²) in [6.07, 6.45) is 2.11. The monoisotopic (exact) mass is 237 g/mol. The Kier molecular flexibility index (Phi) is 5.94. The average Bonchev–Trinajstić information content (AvgIpc) is 2.29. The van der Waals surface area contributed by atoms with E-state index < -0.39 is 0 Å². The molecular weight excluding hydrogens is 214 g/mol. The Labute approximate surface area is 104 Å². The topological polar surface area (TPSA) is 37.4 Å². The highest BCUT2D eigenvalue weighted by atomic mass is 16.5. The molecule has 0 radical (unpaired) electrons. The van der Waals surface area contributed by atoms with Crippen LogP contribution in [0, 0.1) is 0 Å². The van der Waals surface area contributed by atoms with Crippen molar-refractivity contribution < 1.29 is 4.74 Å². The molecule has 4 heteroatoms. The molecule has 1 rings (SSSR count). The molecule has 0 atom stereocenters. The van der Waals surface area contributed by atoms with Gasteiger partial charge in [-0.25, -0.2) is 4.98 Å². The molecule has 0 fully saturated rings. The van der Waals surface area contributed by atoms with E-state index in [4.69, 9.17) is 4.74 Å². The third-order valence-corrected chi connectivity index (χ3v) is 2.47. The van der Waals surface area contributed by atoms with E-state index in [0.717, 1.165) is 25.5 Å². The van der Waals surface area contributed by atoms with E-state index in [1.807, 2.05) is 40.2 Å². The largest absolute Gasteiger partial charge is 0.377 e. The molecule has 0 saturated carbocycles. The summed E-state index contributed by atoms with van der Waals surface area (Å²) in [6, 6.07) is 4.06. The van der Waals surface area contributed by atoms with Crippen molar-refractivity contribution in [3.63, 3.8) is 0 Å². The average molecular weight is 237 g/mol. The first kappa shape index (κ1) is 13.9. The lowest BCUT2D eigenvalue weighted by molar-refractivity contribution is 0.0845. The molecule has 4 nitrogen and oxygen atoms in total. The molecule has 0 aromatic carbocycles. The molecule has 0 saturated heterocycles. The molecule has 17 heavy (non-hydrogen) atoms. The van der Waals surface area contributed by atoms with Gasteiger partial charge >= 0.3 is 0 Å². The summed E-state index contributed by atoms with van der Waals surface area (Å²) in [5.41, 5.74) is 1.21. The maximum atomic E-state index is 5.55. The number of ether oxygens (including phenoxy) is 1. The van der Waals surface area contributed by atoms with Crippen molar-refractivity contribution in [1.29, 1.82) is 0 Å². The van der Waals surface area contributed by atoms with Gasteiger partial charge in [-0.2, -0.15) is 0 Å². The van der Waals surface area contributed by atoms with Crippen molar-refractivity contribution in [2.75, 3.05) is 32.1 Å². The summed E-state index contributed by atoms with van der Waals surface area (Å²) in [5.74, 6) is 1.02. The normalized spacial score (nSPS) is 10.9. The van der Waals surface area contributed by atoms with Crippen LogP contribution < -0.4 is 10.2 Å². The van der Waals surface area contributed by atoms with Crippen LogP contribution in [0.15, 0.2) is 18.3 Å². The second-order valence-corrected chi connectivity index (χ2v) is 4.36. The van der Waals surface area contributed by atoms with Gasteiger partial charge in [0.25, 0.3) is 0 Å². The highest BCUT2D eigenvalue weighted by Crippen LogP contribution is 2.15. The van der Waals surface area contributed by atoms with Crippen LogP contribution in [0.5, 0.6) is 0 Å². The lowest BCUT2D eigenvalue weighted by Crippen LogP contribution is -2.26. The van der Waals surface area contributed by atoms with Gasteiger partial charge in [-0.05, 0) is 27.0 Å². The third kappa shape index (κ3) is 4.71. The van der Waals surface area contributed by atoms with Gasteiger partial charge in [-0.15, -0.1) is 0 Å². The van der Waals surface area contributed by atoms with Crippen molar-refractivity contribution in [3.05, 3.63) is 23.9 Å². The fraction of sp³-hybridized carbons (Fsp3) is 0.615. The zero-order valence-electron chi connectivity index (χ0n) is 11.2. The highest BCUT2D eigenvalue weighted by Gasteiger charge is 2.07. The summed E-state index contributed by atoms with van der Waals surface area (Å²) in [4.78, 5) is 6.56. The number of aromatic nitrogens is 1. The van der Waals surface area contributed by atoms with E-state index in [0.29, 0.717) is 0 Å². The minimum absolute atomic E-state index is 0.281. The number of nitrogens with one attached hydrogen (secondary N) is 1. The summed E-state index contributed by atoms with van der Waals surface area (Å²) in [6.45, 7) is 6.51. The van der Waals surface area contributed by atoms with Crippen LogP contribution in [0.25, 0.3) is 0 Å². The SMILES string of the molecule is CNCc1cccnc1N(C)CCOC(C)C. The van der Waals surface area contributed by atoms with Crippen LogP contribution in [0.1, 0.15) is 19.4 Å². The number of hydrogen-bond acceptors (Lipinski definition) is 4. The van der Waals surface area contributed by atoms with Crippen molar-refractivity contribution in [3.8, 4) is 0 Å². The number of anilines is 1. The Balaban J connectivity index is 2.58. The molecule has 1 N–H and O–H groups in total. The quantitative estimate of drug-likeness (QED) is 0.782. The van der Waals surface area contributed by atoms with Crippen molar-refractivity contribution in [2.45, 2.75) is 26.5 Å². The summed E-state index contributed by atoms with van der Waals surface area (Å²) < 4.78 is 5.55. The fourth-order valence-corrected chi connectivity index (χ4v) is 1.63. The maximum Gasteiger partial charge on any atom is 0.132 e. The molecule has 1 aromatic heterocycles. The van der Waals surface area contributed by atoms with E-state index in [1.165, 1.54) is 5.56 Å². The lowest BCUT2D eigenvalue weighted by atomic mass is 10.2. The second-order valence-electron chi connectivity index (χ2n) is 4.36. The smallest absolute Gasteiger partial charge is 0.132 e. The first-order chi connectivity index (χ1) is 8.15. The van der Waals surface area contributed by atoms with Gasteiger partial charge in [0, 0.05) is 31.9 Å². The molecular formula is C13H23N3O. The Morgan fingerprint density at radius 1 is 1.47 bits per heavy atom. The Hall–Kier alpha value is -1.13.